The third-order valence-electron chi connectivity index (χ3n) is 4.09. The number of benzene rings is 1. The quantitative estimate of drug-likeness (QED) is 0.858. The Morgan fingerprint density at radius 1 is 1.22 bits per heavy atom. The first-order valence-electron chi connectivity index (χ1n) is 7.72. The Balaban J connectivity index is 1.62. The Bertz CT molecular complexity index is 663. The number of carbonyl (C=O) groups excluding carboxylic acids is 1. The van der Waals surface area contributed by atoms with Crippen LogP contribution < -0.4 is 9.64 Å². The molecule has 2 heterocycles. The smallest absolute Gasteiger partial charge is 0.267 e. The first kappa shape index (κ1) is 15.7. The summed E-state index contributed by atoms with van der Waals surface area (Å²) >= 11 is 1.20. The van der Waals surface area contributed by atoms with E-state index >= 15 is 0 Å². The molecule has 2 aromatic rings. The molecule has 6 nitrogen and oxygen atoms in total. The maximum absolute atomic E-state index is 12.6. The third-order valence-corrected chi connectivity index (χ3v) is 4.85. The topological polar surface area (TPSA) is 58.6 Å². The van der Waals surface area contributed by atoms with Crippen molar-refractivity contribution in [2.24, 2.45) is 0 Å². The molecular weight excluding hydrogens is 312 g/mol. The van der Waals surface area contributed by atoms with Crippen LogP contribution in [0.5, 0.6) is 5.75 Å². The first-order valence-corrected chi connectivity index (χ1v) is 8.49. The van der Waals surface area contributed by atoms with Gasteiger partial charge in [-0.1, -0.05) is 11.4 Å². The van der Waals surface area contributed by atoms with Gasteiger partial charge in [-0.15, -0.1) is 5.10 Å². The van der Waals surface area contributed by atoms with Gasteiger partial charge in [-0.3, -0.25) is 4.79 Å². The molecule has 122 valence electrons. The van der Waals surface area contributed by atoms with Crippen molar-refractivity contribution in [2.45, 2.75) is 13.3 Å². The van der Waals surface area contributed by atoms with Crippen LogP contribution in [0.2, 0.25) is 0 Å². The van der Waals surface area contributed by atoms with Crippen LogP contribution >= 0.6 is 11.5 Å². The van der Waals surface area contributed by atoms with Gasteiger partial charge in [0, 0.05) is 31.9 Å². The van der Waals surface area contributed by atoms with Crippen LogP contribution in [0.25, 0.3) is 0 Å². The van der Waals surface area contributed by atoms with Gasteiger partial charge < -0.3 is 14.5 Å². The minimum Gasteiger partial charge on any atom is -0.497 e. The number of hydrogen-bond acceptors (Lipinski definition) is 6. The zero-order chi connectivity index (χ0) is 16.2. The van der Waals surface area contributed by atoms with Gasteiger partial charge in [0.1, 0.15) is 10.6 Å². The van der Waals surface area contributed by atoms with Crippen molar-refractivity contribution in [3.05, 3.63) is 34.8 Å². The van der Waals surface area contributed by atoms with Gasteiger partial charge in [-0.05, 0) is 42.2 Å². The Labute approximate surface area is 139 Å². The zero-order valence-electron chi connectivity index (χ0n) is 13.4. The number of carbonyl (C=O) groups is 1. The molecule has 0 N–H and O–H groups in total. The van der Waals surface area contributed by atoms with Crippen LogP contribution in [0.1, 0.15) is 22.3 Å². The number of amides is 1. The molecule has 1 aliphatic heterocycles. The largest absolute Gasteiger partial charge is 0.497 e. The average molecular weight is 332 g/mol. The van der Waals surface area contributed by atoms with Crippen LogP contribution in [-0.4, -0.2) is 53.7 Å². The fourth-order valence-corrected chi connectivity index (χ4v) is 3.43. The molecule has 1 fully saturated rings. The normalized spacial score (nSPS) is 14.9. The SMILES string of the molecule is CCc1nnsc1C(=O)N1CCN(c2ccc(OC)cc2)CC1. The maximum atomic E-state index is 12.6. The van der Waals surface area contributed by atoms with Gasteiger partial charge in [0.15, 0.2) is 0 Å². The lowest BCUT2D eigenvalue weighted by atomic mass is 10.2. The standard InChI is InChI=1S/C16H20N4O2S/c1-3-14-15(23-18-17-14)16(21)20-10-8-19(9-11-20)12-4-6-13(22-2)7-5-12/h4-7H,3,8-11H2,1-2H3. The van der Waals surface area contributed by atoms with E-state index in [1.807, 2.05) is 24.0 Å². The van der Waals surface area contributed by atoms with E-state index in [9.17, 15) is 4.79 Å². The second-order valence-corrected chi connectivity index (χ2v) is 6.13. The molecule has 0 atom stereocenters. The summed E-state index contributed by atoms with van der Waals surface area (Å²) in [5, 5.41) is 4.03. The summed E-state index contributed by atoms with van der Waals surface area (Å²) in [6.45, 7) is 5.07. The summed E-state index contributed by atoms with van der Waals surface area (Å²) in [4.78, 5) is 17.5. The molecule has 1 saturated heterocycles. The monoisotopic (exact) mass is 332 g/mol. The van der Waals surface area contributed by atoms with Crippen molar-refractivity contribution in [2.75, 3.05) is 38.2 Å². The summed E-state index contributed by atoms with van der Waals surface area (Å²) < 4.78 is 9.10. The van der Waals surface area contributed by atoms with Gasteiger partial charge in [-0.25, -0.2) is 0 Å². The Morgan fingerprint density at radius 3 is 2.52 bits per heavy atom. The predicted octanol–water partition coefficient (Wildman–Crippen LogP) is 2.07. The van der Waals surface area contributed by atoms with Crippen LogP contribution in [-0.2, 0) is 6.42 Å². The number of aromatic nitrogens is 2. The van der Waals surface area contributed by atoms with Crippen LogP contribution in [0.3, 0.4) is 0 Å². The second kappa shape index (κ2) is 6.95. The third kappa shape index (κ3) is 3.29. The van der Waals surface area contributed by atoms with E-state index in [0.29, 0.717) is 18.0 Å². The molecule has 3 rings (SSSR count). The molecule has 0 radical (unpaired) electrons. The zero-order valence-corrected chi connectivity index (χ0v) is 14.2. The molecule has 0 saturated carbocycles. The molecule has 1 amide bonds. The Morgan fingerprint density at radius 2 is 1.91 bits per heavy atom. The van der Waals surface area contributed by atoms with E-state index < -0.39 is 0 Å². The minimum atomic E-state index is 0.0613. The number of rotatable bonds is 4. The van der Waals surface area contributed by atoms with Crippen LogP contribution in [0.4, 0.5) is 5.69 Å². The molecule has 1 aromatic carbocycles. The summed E-state index contributed by atoms with van der Waals surface area (Å²) in [7, 11) is 1.66. The predicted molar refractivity (Wildman–Crippen MR) is 90.4 cm³/mol. The first-order chi connectivity index (χ1) is 11.2. The van der Waals surface area contributed by atoms with Crippen molar-refractivity contribution < 1.29 is 9.53 Å². The molecule has 23 heavy (non-hydrogen) atoms. The number of hydrogen-bond donors (Lipinski definition) is 0. The molecule has 0 bridgehead atoms. The highest BCUT2D eigenvalue weighted by Crippen LogP contribution is 2.22. The molecule has 7 heteroatoms. The summed E-state index contributed by atoms with van der Waals surface area (Å²) in [6.07, 6.45) is 0.739. The van der Waals surface area contributed by atoms with Crippen LogP contribution in [0.15, 0.2) is 24.3 Å². The lowest BCUT2D eigenvalue weighted by molar-refractivity contribution is 0.0750. The van der Waals surface area contributed by atoms with E-state index in [2.05, 4.69) is 26.6 Å². The number of methoxy groups -OCH3 is 1. The van der Waals surface area contributed by atoms with E-state index in [-0.39, 0.29) is 5.91 Å². The number of nitrogens with zero attached hydrogens (tertiary/aromatic N) is 4. The molecule has 1 aromatic heterocycles. The maximum Gasteiger partial charge on any atom is 0.267 e. The molecule has 1 aliphatic rings. The highest BCUT2D eigenvalue weighted by Gasteiger charge is 2.25. The number of aryl methyl sites for hydroxylation is 1. The lowest BCUT2D eigenvalue weighted by Gasteiger charge is -2.36. The molecule has 0 spiro atoms. The van der Waals surface area contributed by atoms with Gasteiger partial charge >= 0.3 is 0 Å². The fourth-order valence-electron chi connectivity index (χ4n) is 2.71. The van der Waals surface area contributed by atoms with Crippen molar-refractivity contribution in [1.82, 2.24) is 14.5 Å². The summed E-state index contributed by atoms with van der Waals surface area (Å²) in [5.74, 6) is 0.915. The van der Waals surface area contributed by atoms with Crippen molar-refractivity contribution in [3.63, 3.8) is 0 Å². The van der Waals surface area contributed by atoms with Crippen molar-refractivity contribution >= 4 is 23.1 Å². The van der Waals surface area contributed by atoms with Gasteiger partial charge in [0.25, 0.3) is 5.91 Å². The number of anilines is 1. The van der Waals surface area contributed by atoms with E-state index in [1.54, 1.807) is 7.11 Å². The van der Waals surface area contributed by atoms with E-state index in [0.717, 1.165) is 36.6 Å². The highest BCUT2D eigenvalue weighted by atomic mass is 32.1. The van der Waals surface area contributed by atoms with Gasteiger partial charge in [0.05, 0.1) is 12.8 Å². The summed E-state index contributed by atoms with van der Waals surface area (Å²) in [6, 6.07) is 8.03. The Kier molecular flexibility index (Phi) is 4.76. The van der Waals surface area contributed by atoms with Gasteiger partial charge in [-0.2, -0.15) is 0 Å². The minimum absolute atomic E-state index is 0.0613. The van der Waals surface area contributed by atoms with Crippen molar-refractivity contribution in [3.8, 4) is 5.75 Å². The number of ether oxygens (including phenoxy) is 1. The second-order valence-electron chi connectivity index (χ2n) is 5.38. The van der Waals surface area contributed by atoms with E-state index in [4.69, 9.17) is 4.74 Å². The van der Waals surface area contributed by atoms with Crippen molar-refractivity contribution in [1.29, 1.82) is 0 Å². The van der Waals surface area contributed by atoms with E-state index in [1.165, 1.54) is 11.5 Å². The highest BCUT2D eigenvalue weighted by molar-refractivity contribution is 7.08. The molecule has 0 aliphatic carbocycles. The average Bonchev–Trinajstić information content (AvgIpc) is 3.10. The number of piperazine rings is 1. The van der Waals surface area contributed by atoms with Gasteiger partial charge in [0.2, 0.25) is 0 Å². The lowest BCUT2D eigenvalue weighted by Crippen LogP contribution is -2.48. The summed E-state index contributed by atoms with van der Waals surface area (Å²) in [5.41, 5.74) is 1.96. The fraction of sp³-hybridized carbons (Fsp3) is 0.438. The Hall–Kier alpha value is -2.15. The van der Waals surface area contributed by atoms with Crippen LogP contribution in [0, 0.1) is 0 Å². The molecular formula is C16H20N4O2S. The molecule has 0 unspecified atom stereocenters.